The van der Waals surface area contributed by atoms with Crippen LogP contribution >= 0.6 is 11.3 Å². The van der Waals surface area contributed by atoms with Crippen molar-refractivity contribution in [3.63, 3.8) is 0 Å². The van der Waals surface area contributed by atoms with Crippen molar-refractivity contribution in [2.24, 2.45) is 0 Å². The Labute approximate surface area is 149 Å². The van der Waals surface area contributed by atoms with Crippen molar-refractivity contribution < 1.29 is 4.79 Å². The first-order valence-electron chi connectivity index (χ1n) is 8.80. The number of amides is 1. The van der Waals surface area contributed by atoms with Crippen molar-refractivity contribution in [2.45, 2.75) is 47.0 Å². The second kappa shape index (κ2) is 8.34. The highest BCUT2D eigenvalue weighted by Gasteiger charge is 2.26. The Morgan fingerprint density at radius 1 is 1.08 bits per heavy atom. The first-order chi connectivity index (χ1) is 11.5. The molecule has 2 aromatic rings. The number of carbonyl (C=O) groups excluding carboxylic acids is 1. The number of nitrogen functional groups attached to an aromatic ring is 1. The molecule has 2 N–H and O–H groups in total. The fourth-order valence-corrected chi connectivity index (χ4v) is 4.02. The summed E-state index contributed by atoms with van der Waals surface area (Å²) in [6, 6.07) is 8.37. The van der Waals surface area contributed by atoms with Crippen LogP contribution in [0.5, 0.6) is 0 Å². The molecule has 2 rings (SSSR count). The van der Waals surface area contributed by atoms with Crippen molar-refractivity contribution in [1.29, 1.82) is 0 Å². The van der Waals surface area contributed by atoms with E-state index in [9.17, 15) is 4.79 Å². The standard InChI is InChI=1S/C20H28N2OS/c1-5-12-22(13-6-2)20(23)18-17(16(7-3)24-19(18)21)15-10-8-14(4)9-11-15/h8-11H,5-7,12-13,21H2,1-4H3. The molecule has 4 heteroatoms. The number of aryl methyl sites for hydroxylation is 2. The van der Waals surface area contributed by atoms with E-state index in [-0.39, 0.29) is 5.91 Å². The van der Waals surface area contributed by atoms with Crippen LogP contribution in [0.1, 0.15) is 54.4 Å². The fraction of sp³-hybridized carbons (Fsp3) is 0.450. The lowest BCUT2D eigenvalue weighted by molar-refractivity contribution is 0.0758. The van der Waals surface area contributed by atoms with Gasteiger partial charge in [-0.15, -0.1) is 11.3 Å². The van der Waals surface area contributed by atoms with E-state index >= 15 is 0 Å². The molecule has 3 nitrogen and oxygen atoms in total. The second-order valence-electron chi connectivity index (χ2n) is 6.15. The minimum Gasteiger partial charge on any atom is -0.390 e. The van der Waals surface area contributed by atoms with Gasteiger partial charge < -0.3 is 10.6 Å². The molecule has 0 unspecified atom stereocenters. The summed E-state index contributed by atoms with van der Waals surface area (Å²) >= 11 is 1.55. The van der Waals surface area contributed by atoms with Gasteiger partial charge in [0.05, 0.1) is 10.6 Å². The molecule has 0 atom stereocenters. The van der Waals surface area contributed by atoms with E-state index < -0.39 is 0 Å². The zero-order chi connectivity index (χ0) is 17.7. The number of benzene rings is 1. The summed E-state index contributed by atoms with van der Waals surface area (Å²) in [5, 5.41) is 0.643. The third-order valence-corrected chi connectivity index (χ3v) is 5.32. The van der Waals surface area contributed by atoms with Gasteiger partial charge in [-0.2, -0.15) is 0 Å². The number of thiophene rings is 1. The zero-order valence-corrected chi connectivity index (χ0v) is 16.0. The lowest BCUT2D eigenvalue weighted by atomic mass is 9.98. The highest BCUT2D eigenvalue weighted by Crippen LogP contribution is 2.39. The molecule has 1 aromatic heterocycles. The minimum absolute atomic E-state index is 0.0720. The van der Waals surface area contributed by atoms with E-state index in [1.54, 1.807) is 11.3 Å². The number of nitrogens with two attached hydrogens (primary N) is 1. The second-order valence-corrected chi connectivity index (χ2v) is 7.29. The molecule has 1 amide bonds. The van der Waals surface area contributed by atoms with Gasteiger partial charge in [-0.25, -0.2) is 0 Å². The molecule has 24 heavy (non-hydrogen) atoms. The fourth-order valence-electron chi connectivity index (χ4n) is 3.00. The number of hydrogen-bond donors (Lipinski definition) is 1. The first-order valence-corrected chi connectivity index (χ1v) is 9.62. The van der Waals surface area contributed by atoms with Gasteiger partial charge in [-0.3, -0.25) is 4.79 Å². The predicted molar refractivity (Wildman–Crippen MR) is 105 cm³/mol. The maximum Gasteiger partial charge on any atom is 0.257 e. The SMILES string of the molecule is CCCN(CCC)C(=O)c1c(N)sc(CC)c1-c1ccc(C)cc1. The van der Waals surface area contributed by atoms with Gasteiger partial charge >= 0.3 is 0 Å². The molecule has 0 aliphatic heterocycles. The molecule has 1 aromatic carbocycles. The normalized spacial score (nSPS) is 10.8. The summed E-state index contributed by atoms with van der Waals surface area (Å²) in [4.78, 5) is 16.3. The van der Waals surface area contributed by atoms with Gasteiger partial charge in [0.2, 0.25) is 0 Å². The predicted octanol–water partition coefficient (Wildman–Crippen LogP) is 5.13. The molecule has 0 spiro atoms. The summed E-state index contributed by atoms with van der Waals surface area (Å²) in [6.45, 7) is 9.94. The molecule has 0 saturated carbocycles. The molecule has 0 aliphatic carbocycles. The average molecular weight is 345 g/mol. The van der Waals surface area contributed by atoms with Crippen molar-refractivity contribution in [2.75, 3.05) is 18.8 Å². The van der Waals surface area contributed by atoms with Gasteiger partial charge in [0.15, 0.2) is 0 Å². The Hall–Kier alpha value is -1.81. The monoisotopic (exact) mass is 344 g/mol. The Balaban J connectivity index is 2.54. The molecule has 130 valence electrons. The van der Waals surface area contributed by atoms with E-state index in [4.69, 9.17) is 5.73 Å². The summed E-state index contributed by atoms with van der Waals surface area (Å²) < 4.78 is 0. The van der Waals surface area contributed by atoms with E-state index in [1.165, 1.54) is 10.4 Å². The van der Waals surface area contributed by atoms with Crippen LogP contribution in [-0.2, 0) is 6.42 Å². The van der Waals surface area contributed by atoms with Crippen molar-refractivity contribution >= 4 is 22.2 Å². The Bertz CT molecular complexity index is 682. The Morgan fingerprint density at radius 3 is 2.17 bits per heavy atom. The van der Waals surface area contributed by atoms with Crippen LogP contribution in [0.4, 0.5) is 5.00 Å². The van der Waals surface area contributed by atoms with Gasteiger partial charge in [0.25, 0.3) is 5.91 Å². The van der Waals surface area contributed by atoms with Crippen molar-refractivity contribution in [3.8, 4) is 11.1 Å². The molecular formula is C20H28N2OS. The molecule has 1 heterocycles. The Kier molecular flexibility index (Phi) is 6.44. The molecule has 0 radical (unpaired) electrons. The summed E-state index contributed by atoms with van der Waals surface area (Å²) in [5.74, 6) is 0.0720. The largest absolute Gasteiger partial charge is 0.390 e. The third kappa shape index (κ3) is 3.81. The number of rotatable bonds is 7. The molecule has 0 bridgehead atoms. The number of anilines is 1. The minimum atomic E-state index is 0.0720. The first kappa shape index (κ1) is 18.5. The van der Waals surface area contributed by atoms with Crippen LogP contribution in [0.2, 0.25) is 0 Å². The van der Waals surface area contributed by atoms with Crippen LogP contribution in [0.25, 0.3) is 11.1 Å². The highest BCUT2D eigenvalue weighted by molar-refractivity contribution is 7.17. The summed E-state index contributed by atoms with van der Waals surface area (Å²) in [5.41, 5.74) is 10.3. The van der Waals surface area contributed by atoms with Crippen LogP contribution in [0, 0.1) is 6.92 Å². The van der Waals surface area contributed by atoms with Crippen LogP contribution in [-0.4, -0.2) is 23.9 Å². The van der Waals surface area contributed by atoms with Gasteiger partial charge in [-0.05, 0) is 31.7 Å². The van der Waals surface area contributed by atoms with Crippen molar-refractivity contribution in [1.82, 2.24) is 4.90 Å². The molecular weight excluding hydrogens is 316 g/mol. The number of hydrogen-bond acceptors (Lipinski definition) is 3. The van der Waals surface area contributed by atoms with Gasteiger partial charge in [0.1, 0.15) is 0 Å². The Morgan fingerprint density at radius 2 is 1.67 bits per heavy atom. The summed E-state index contributed by atoms with van der Waals surface area (Å²) in [7, 11) is 0. The van der Waals surface area contributed by atoms with E-state index in [0.717, 1.165) is 43.5 Å². The van der Waals surface area contributed by atoms with E-state index in [2.05, 4.69) is 52.0 Å². The van der Waals surface area contributed by atoms with Crippen LogP contribution < -0.4 is 5.73 Å². The maximum atomic E-state index is 13.2. The molecule has 0 aliphatic rings. The average Bonchev–Trinajstić information content (AvgIpc) is 2.91. The van der Waals surface area contributed by atoms with E-state index in [1.807, 2.05) is 4.90 Å². The lowest BCUT2D eigenvalue weighted by Gasteiger charge is -2.22. The van der Waals surface area contributed by atoms with Gasteiger partial charge in [0, 0.05) is 23.5 Å². The quantitative estimate of drug-likeness (QED) is 0.757. The zero-order valence-electron chi connectivity index (χ0n) is 15.2. The molecule has 0 saturated heterocycles. The van der Waals surface area contributed by atoms with Crippen LogP contribution in [0.3, 0.4) is 0 Å². The molecule has 0 fully saturated rings. The summed E-state index contributed by atoms with van der Waals surface area (Å²) in [6.07, 6.45) is 2.79. The highest BCUT2D eigenvalue weighted by atomic mass is 32.1. The maximum absolute atomic E-state index is 13.2. The van der Waals surface area contributed by atoms with E-state index in [0.29, 0.717) is 10.6 Å². The number of carbonyl (C=O) groups is 1. The third-order valence-electron chi connectivity index (χ3n) is 4.16. The lowest BCUT2D eigenvalue weighted by Crippen LogP contribution is -2.33. The number of nitrogens with zero attached hydrogens (tertiary/aromatic N) is 1. The van der Waals surface area contributed by atoms with Crippen molar-refractivity contribution in [3.05, 3.63) is 40.3 Å². The topological polar surface area (TPSA) is 46.3 Å². The van der Waals surface area contributed by atoms with Crippen LogP contribution in [0.15, 0.2) is 24.3 Å². The smallest absolute Gasteiger partial charge is 0.257 e. The van der Waals surface area contributed by atoms with Gasteiger partial charge in [-0.1, -0.05) is 50.6 Å².